The summed E-state index contributed by atoms with van der Waals surface area (Å²) >= 11 is 8.81. The van der Waals surface area contributed by atoms with Crippen LogP contribution in [0.5, 0.6) is 0 Å². The molecule has 1 aliphatic heterocycles. The number of halogens is 1. The van der Waals surface area contributed by atoms with Crippen LogP contribution in [0.15, 0.2) is 54.6 Å². The molecule has 0 bridgehead atoms. The van der Waals surface area contributed by atoms with Gasteiger partial charge in [-0.3, -0.25) is 14.9 Å². The fourth-order valence-electron chi connectivity index (χ4n) is 3.18. The van der Waals surface area contributed by atoms with Gasteiger partial charge in [0.05, 0.1) is 5.75 Å². The molecule has 3 aromatic rings. The molecule has 1 saturated heterocycles. The number of hydrogen-bond donors (Lipinski definition) is 1. The Morgan fingerprint density at radius 3 is 2.70 bits per heavy atom. The van der Waals surface area contributed by atoms with Crippen LogP contribution in [-0.4, -0.2) is 34.3 Å². The molecule has 30 heavy (non-hydrogen) atoms. The number of carbonyl (C=O) groups is 2. The van der Waals surface area contributed by atoms with Crippen LogP contribution in [0, 0.1) is 0 Å². The van der Waals surface area contributed by atoms with Crippen molar-refractivity contribution < 1.29 is 9.59 Å². The van der Waals surface area contributed by atoms with E-state index in [9.17, 15) is 9.59 Å². The standard InChI is InChI=1S/C21H19ClN4O2S2/c22-16-6-8-17(9-7-16)26-11-15(10-19(26)28)20-24-25-21(30-20)23-18(27)13-29-12-14-4-2-1-3-5-14/h1-9,15H,10-13H2,(H,23,25,27)/t15-/m0/s1. The molecule has 2 amide bonds. The largest absolute Gasteiger partial charge is 0.312 e. The highest BCUT2D eigenvalue weighted by Crippen LogP contribution is 2.34. The molecule has 6 nitrogen and oxygen atoms in total. The quantitative estimate of drug-likeness (QED) is 0.560. The summed E-state index contributed by atoms with van der Waals surface area (Å²) in [5.74, 6) is 1.02. The zero-order valence-electron chi connectivity index (χ0n) is 16.0. The third kappa shape index (κ3) is 5.19. The van der Waals surface area contributed by atoms with E-state index in [0.717, 1.165) is 16.4 Å². The molecule has 1 aromatic heterocycles. The van der Waals surface area contributed by atoms with Crippen LogP contribution in [-0.2, 0) is 15.3 Å². The molecular weight excluding hydrogens is 440 g/mol. The zero-order valence-corrected chi connectivity index (χ0v) is 18.3. The van der Waals surface area contributed by atoms with Crippen LogP contribution < -0.4 is 10.2 Å². The van der Waals surface area contributed by atoms with Crippen molar-refractivity contribution in [3.63, 3.8) is 0 Å². The summed E-state index contributed by atoms with van der Waals surface area (Å²) in [6, 6.07) is 17.2. The highest BCUT2D eigenvalue weighted by molar-refractivity contribution is 7.99. The minimum Gasteiger partial charge on any atom is -0.312 e. The van der Waals surface area contributed by atoms with Crippen molar-refractivity contribution in [3.8, 4) is 0 Å². The van der Waals surface area contributed by atoms with Crippen LogP contribution in [0.25, 0.3) is 0 Å². The normalized spacial score (nSPS) is 16.1. The lowest BCUT2D eigenvalue weighted by atomic mass is 10.1. The minimum atomic E-state index is -0.107. The second kappa shape index (κ2) is 9.59. The number of nitrogens with zero attached hydrogens (tertiary/aromatic N) is 3. The van der Waals surface area contributed by atoms with Gasteiger partial charge in [0.15, 0.2) is 0 Å². The molecule has 0 radical (unpaired) electrons. The number of aromatic nitrogens is 2. The lowest BCUT2D eigenvalue weighted by molar-refractivity contribution is -0.117. The third-order valence-electron chi connectivity index (χ3n) is 4.64. The Hall–Kier alpha value is -2.42. The molecule has 1 fully saturated rings. The van der Waals surface area contributed by atoms with Gasteiger partial charge in [0.2, 0.25) is 16.9 Å². The van der Waals surface area contributed by atoms with Gasteiger partial charge in [-0.25, -0.2) is 0 Å². The fourth-order valence-corrected chi connectivity index (χ4v) is 4.95. The maximum Gasteiger partial charge on any atom is 0.236 e. The first-order valence-corrected chi connectivity index (χ1v) is 11.7. The van der Waals surface area contributed by atoms with Crippen LogP contribution in [0.3, 0.4) is 0 Å². The van der Waals surface area contributed by atoms with E-state index in [0.29, 0.717) is 28.9 Å². The molecule has 154 valence electrons. The van der Waals surface area contributed by atoms with Crippen molar-refractivity contribution in [1.82, 2.24) is 10.2 Å². The maximum atomic E-state index is 12.4. The Balaban J connectivity index is 1.30. The first-order chi connectivity index (χ1) is 14.6. The lowest BCUT2D eigenvalue weighted by Gasteiger charge is -2.16. The Kier molecular flexibility index (Phi) is 6.66. The van der Waals surface area contributed by atoms with Gasteiger partial charge in [-0.05, 0) is 29.8 Å². The number of thioether (sulfide) groups is 1. The van der Waals surface area contributed by atoms with Gasteiger partial charge in [-0.15, -0.1) is 22.0 Å². The van der Waals surface area contributed by atoms with E-state index in [1.54, 1.807) is 28.8 Å². The van der Waals surface area contributed by atoms with Crippen molar-refractivity contribution >= 4 is 57.3 Å². The van der Waals surface area contributed by atoms with Crippen molar-refractivity contribution in [2.24, 2.45) is 0 Å². The summed E-state index contributed by atoms with van der Waals surface area (Å²) in [5, 5.41) is 12.9. The summed E-state index contributed by atoms with van der Waals surface area (Å²) in [4.78, 5) is 26.4. The number of anilines is 2. The molecule has 1 atom stereocenters. The van der Waals surface area contributed by atoms with E-state index in [-0.39, 0.29) is 17.7 Å². The SMILES string of the molecule is O=C(CSCc1ccccc1)Nc1nnc([C@H]2CC(=O)N(c3ccc(Cl)cc3)C2)s1. The molecule has 1 aliphatic rings. The monoisotopic (exact) mass is 458 g/mol. The smallest absolute Gasteiger partial charge is 0.236 e. The van der Waals surface area contributed by atoms with E-state index in [1.807, 2.05) is 42.5 Å². The topological polar surface area (TPSA) is 75.2 Å². The summed E-state index contributed by atoms with van der Waals surface area (Å²) in [6.45, 7) is 0.538. The molecule has 0 unspecified atom stereocenters. The third-order valence-corrected chi connectivity index (χ3v) is 6.90. The molecule has 0 spiro atoms. The van der Waals surface area contributed by atoms with Crippen molar-refractivity contribution in [2.75, 3.05) is 22.5 Å². The second-order valence-corrected chi connectivity index (χ2v) is 9.28. The maximum absolute atomic E-state index is 12.4. The molecule has 9 heteroatoms. The minimum absolute atomic E-state index is 0.0382. The first-order valence-electron chi connectivity index (χ1n) is 9.39. The summed E-state index contributed by atoms with van der Waals surface area (Å²) in [7, 11) is 0. The number of rotatable bonds is 7. The summed E-state index contributed by atoms with van der Waals surface area (Å²) in [5.41, 5.74) is 2.00. The van der Waals surface area contributed by atoms with Gasteiger partial charge in [-0.2, -0.15) is 0 Å². The molecule has 1 N–H and O–H groups in total. The van der Waals surface area contributed by atoms with E-state index in [2.05, 4.69) is 15.5 Å². The zero-order chi connectivity index (χ0) is 20.9. The summed E-state index contributed by atoms with van der Waals surface area (Å²) in [6.07, 6.45) is 0.373. The highest BCUT2D eigenvalue weighted by atomic mass is 35.5. The predicted molar refractivity (Wildman–Crippen MR) is 122 cm³/mol. The molecule has 2 aromatic carbocycles. The van der Waals surface area contributed by atoms with Gasteiger partial charge < -0.3 is 4.90 Å². The average molecular weight is 459 g/mol. The van der Waals surface area contributed by atoms with Crippen LogP contribution in [0.4, 0.5) is 10.8 Å². The van der Waals surface area contributed by atoms with Gasteiger partial charge in [0, 0.05) is 35.3 Å². The van der Waals surface area contributed by atoms with Crippen molar-refractivity contribution in [1.29, 1.82) is 0 Å². The number of hydrogen-bond acceptors (Lipinski definition) is 6. The summed E-state index contributed by atoms with van der Waals surface area (Å²) < 4.78 is 0. The Morgan fingerprint density at radius 1 is 1.17 bits per heavy atom. The van der Waals surface area contributed by atoms with Crippen molar-refractivity contribution in [2.45, 2.75) is 18.1 Å². The van der Waals surface area contributed by atoms with Gasteiger partial charge >= 0.3 is 0 Å². The van der Waals surface area contributed by atoms with Gasteiger partial charge in [0.25, 0.3) is 0 Å². The number of carbonyl (C=O) groups excluding carboxylic acids is 2. The van der Waals surface area contributed by atoms with E-state index >= 15 is 0 Å². The molecular formula is C21H19ClN4O2S2. The van der Waals surface area contributed by atoms with Crippen LogP contribution in [0.1, 0.15) is 22.9 Å². The van der Waals surface area contributed by atoms with Crippen LogP contribution in [0.2, 0.25) is 5.02 Å². The Morgan fingerprint density at radius 2 is 1.93 bits per heavy atom. The number of nitrogens with one attached hydrogen (secondary N) is 1. The lowest BCUT2D eigenvalue weighted by Crippen LogP contribution is -2.24. The first kappa shape index (κ1) is 20.8. The Labute approximate surface area is 187 Å². The van der Waals surface area contributed by atoms with Crippen LogP contribution >= 0.6 is 34.7 Å². The molecule has 0 saturated carbocycles. The molecule has 0 aliphatic carbocycles. The Bertz CT molecular complexity index is 1030. The molecule has 2 heterocycles. The average Bonchev–Trinajstić information content (AvgIpc) is 3.36. The van der Waals surface area contributed by atoms with Crippen molar-refractivity contribution in [3.05, 3.63) is 70.2 Å². The van der Waals surface area contributed by atoms with E-state index < -0.39 is 0 Å². The van der Waals surface area contributed by atoms with Gasteiger partial charge in [-0.1, -0.05) is 53.3 Å². The number of benzene rings is 2. The predicted octanol–water partition coefficient (Wildman–Crippen LogP) is 4.58. The fraction of sp³-hybridized carbons (Fsp3) is 0.238. The van der Waals surface area contributed by atoms with E-state index in [4.69, 9.17) is 11.6 Å². The van der Waals surface area contributed by atoms with Gasteiger partial charge in [0.1, 0.15) is 5.01 Å². The van der Waals surface area contributed by atoms with E-state index in [1.165, 1.54) is 16.9 Å². The number of amides is 2. The second-order valence-electron chi connectivity index (χ2n) is 6.85. The molecule has 4 rings (SSSR count). The highest BCUT2D eigenvalue weighted by Gasteiger charge is 2.34.